The zero-order chi connectivity index (χ0) is 52.2. The Morgan fingerprint density at radius 3 is 1.12 bits per heavy atom. The number of aliphatic hydroxyl groups excluding tert-OH is 5. The van der Waals surface area contributed by atoms with Gasteiger partial charge in [0, 0.05) is 6.42 Å². The molecular formula is C63H121NO8. The average molecular weight is 1020 g/mol. The molecule has 0 spiro atoms. The number of ether oxygens (including phenoxy) is 2. The molecule has 1 rings (SSSR count). The van der Waals surface area contributed by atoms with Gasteiger partial charge in [-0.1, -0.05) is 289 Å². The number of aliphatic hydroxyl groups is 5. The summed E-state index contributed by atoms with van der Waals surface area (Å²) >= 11 is 0. The summed E-state index contributed by atoms with van der Waals surface area (Å²) in [6.07, 6.45) is 61.3. The van der Waals surface area contributed by atoms with Crippen LogP contribution >= 0.6 is 0 Å². The first-order valence-electron chi connectivity index (χ1n) is 31.6. The van der Waals surface area contributed by atoms with E-state index >= 15 is 0 Å². The predicted molar refractivity (Wildman–Crippen MR) is 304 cm³/mol. The lowest BCUT2D eigenvalue weighted by molar-refractivity contribution is -0.302. The number of carbonyl (C=O) groups excluding carboxylic acids is 1. The van der Waals surface area contributed by atoms with Gasteiger partial charge in [0.25, 0.3) is 0 Å². The van der Waals surface area contributed by atoms with Gasteiger partial charge in [0.05, 0.1) is 25.4 Å². The Hall–Kier alpha value is -1.33. The monoisotopic (exact) mass is 1020 g/mol. The molecule has 0 bridgehead atoms. The number of hydrogen-bond acceptors (Lipinski definition) is 8. The van der Waals surface area contributed by atoms with Gasteiger partial charge >= 0.3 is 0 Å². The molecule has 0 saturated carbocycles. The SMILES string of the molecule is CCCCCCCCC/C=C\CCCCCCCC(=O)NC(COC1OC(CO)C(O)C(O)C1O)C(O)/C=C/CCCCCCCCCCCCCCCCCCCCCCCCCCCCCCCCC. The smallest absolute Gasteiger partial charge is 0.220 e. The number of amides is 1. The van der Waals surface area contributed by atoms with Crippen molar-refractivity contribution in [3.05, 3.63) is 24.3 Å². The highest BCUT2D eigenvalue weighted by Gasteiger charge is 2.44. The molecule has 1 fully saturated rings. The minimum atomic E-state index is -1.57. The van der Waals surface area contributed by atoms with E-state index in [0.717, 1.165) is 57.8 Å². The summed E-state index contributed by atoms with van der Waals surface area (Å²) in [6, 6.07) is -0.808. The van der Waals surface area contributed by atoms with Crippen molar-refractivity contribution in [1.82, 2.24) is 5.32 Å². The number of carbonyl (C=O) groups is 1. The van der Waals surface area contributed by atoms with Gasteiger partial charge in [-0.2, -0.15) is 0 Å². The molecule has 1 aliphatic rings. The van der Waals surface area contributed by atoms with Crippen LogP contribution < -0.4 is 5.32 Å². The van der Waals surface area contributed by atoms with Crippen molar-refractivity contribution in [2.24, 2.45) is 0 Å². The number of nitrogens with one attached hydrogen (secondary N) is 1. The summed E-state index contributed by atoms with van der Waals surface area (Å²) in [7, 11) is 0. The van der Waals surface area contributed by atoms with E-state index in [1.165, 1.54) is 238 Å². The normalized spacial score (nSPS) is 19.2. The average Bonchev–Trinajstić information content (AvgIpc) is 3.38. The van der Waals surface area contributed by atoms with Crippen LogP contribution in [-0.4, -0.2) is 87.5 Å². The highest BCUT2D eigenvalue weighted by Crippen LogP contribution is 2.23. The Morgan fingerprint density at radius 2 is 0.778 bits per heavy atom. The maximum atomic E-state index is 13.0. The lowest BCUT2D eigenvalue weighted by atomic mass is 9.99. The molecule has 0 aromatic heterocycles. The fourth-order valence-electron chi connectivity index (χ4n) is 10.3. The lowest BCUT2D eigenvalue weighted by Crippen LogP contribution is -2.60. The Kier molecular flexibility index (Phi) is 50.6. The first kappa shape index (κ1) is 68.7. The van der Waals surface area contributed by atoms with E-state index in [0.29, 0.717) is 6.42 Å². The second-order valence-corrected chi connectivity index (χ2v) is 22.2. The topological polar surface area (TPSA) is 149 Å². The van der Waals surface area contributed by atoms with E-state index in [1.807, 2.05) is 6.08 Å². The van der Waals surface area contributed by atoms with Crippen LogP contribution in [0.3, 0.4) is 0 Å². The van der Waals surface area contributed by atoms with Crippen LogP contribution in [0.1, 0.15) is 316 Å². The van der Waals surface area contributed by atoms with Crippen molar-refractivity contribution < 1.29 is 39.8 Å². The predicted octanol–water partition coefficient (Wildman–Crippen LogP) is 16.1. The molecule has 1 aliphatic heterocycles. The van der Waals surface area contributed by atoms with E-state index in [2.05, 4.69) is 31.3 Å². The second kappa shape index (κ2) is 53.1. The van der Waals surface area contributed by atoms with E-state index < -0.39 is 49.5 Å². The lowest BCUT2D eigenvalue weighted by Gasteiger charge is -2.40. The van der Waals surface area contributed by atoms with Crippen LogP contribution in [0.25, 0.3) is 0 Å². The number of rotatable bonds is 55. The third-order valence-electron chi connectivity index (χ3n) is 15.3. The zero-order valence-electron chi connectivity index (χ0n) is 47.5. The molecule has 9 heteroatoms. The summed E-state index contributed by atoms with van der Waals surface area (Å²) in [4.78, 5) is 13.0. The standard InChI is InChI=1S/C63H121NO8/c1-3-5-7-9-11-13-15-17-19-21-22-23-24-25-26-27-28-29-30-31-32-33-34-35-36-37-38-40-42-44-46-48-50-52-57(66)56(55-71-63-62(70)61(69)60(68)58(54-65)72-63)64-59(67)53-51-49-47-45-43-41-39-20-18-16-14-12-10-8-6-4-2/h20,39,50,52,56-58,60-63,65-66,68-70H,3-19,21-38,40-49,51,53-55H2,1-2H3,(H,64,67)/b39-20-,52-50+. The van der Waals surface area contributed by atoms with E-state index in [4.69, 9.17) is 9.47 Å². The third kappa shape index (κ3) is 41.9. The van der Waals surface area contributed by atoms with Crippen LogP contribution in [-0.2, 0) is 14.3 Å². The van der Waals surface area contributed by atoms with Crippen molar-refractivity contribution >= 4 is 5.91 Å². The second-order valence-electron chi connectivity index (χ2n) is 22.2. The van der Waals surface area contributed by atoms with Crippen LogP contribution in [0, 0.1) is 0 Å². The van der Waals surface area contributed by atoms with Gasteiger partial charge in [0.1, 0.15) is 24.4 Å². The molecule has 72 heavy (non-hydrogen) atoms. The first-order chi connectivity index (χ1) is 35.3. The van der Waals surface area contributed by atoms with Crippen molar-refractivity contribution in [3.63, 3.8) is 0 Å². The van der Waals surface area contributed by atoms with Crippen molar-refractivity contribution in [1.29, 1.82) is 0 Å². The van der Waals surface area contributed by atoms with E-state index in [1.54, 1.807) is 6.08 Å². The van der Waals surface area contributed by atoms with Gasteiger partial charge in [-0.15, -0.1) is 0 Å². The van der Waals surface area contributed by atoms with E-state index in [9.17, 15) is 30.3 Å². The fourth-order valence-corrected chi connectivity index (χ4v) is 10.3. The molecular weight excluding hydrogens is 899 g/mol. The molecule has 6 N–H and O–H groups in total. The Morgan fingerprint density at radius 1 is 0.458 bits per heavy atom. The van der Waals surface area contributed by atoms with Gasteiger partial charge in [0.2, 0.25) is 5.91 Å². The maximum absolute atomic E-state index is 13.0. The number of unbranched alkanes of at least 4 members (excludes halogenated alkanes) is 43. The van der Waals surface area contributed by atoms with E-state index in [-0.39, 0.29) is 12.5 Å². The summed E-state index contributed by atoms with van der Waals surface area (Å²) in [5, 5.41) is 54.6. The summed E-state index contributed by atoms with van der Waals surface area (Å²) in [5.74, 6) is -0.181. The van der Waals surface area contributed by atoms with Gasteiger partial charge in [-0.3, -0.25) is 4.79 Å². The third-order valence-corrected chi connectivity index (χ3v) is 15.3. The molecule has 9 nitrogen and oxygen atoms in total. The summed E-state index contributed by atoms with van der Waals surface area (Å²) < 4.78 is 11.3. The molecule has 7 atom stereocenters. The van der Waals surface area contributed by atoms with Crippen LogP contribution in [0.5, 0.6) is 0 Å². The highest BCUT2D eigenvalue weighted by atomic mass is 16.7. The van der Waals surface area contributed by atoms with Gasteiger partial charge in [-0.05, 0) is 44.9 Å². The number of hydrogen-bond donors (Lipinski definition) is 6. The van der Waals surface area contributed by atoms with Crippen LogP contribution in [0.4, 0.5) is 0 Å². The molecule has 0 aromatic carbocycles. The Bertz CT molecular complexity index is 1180. The largest absolute Gasteiger partial charge is 0.394 e. The molecule has 1 saturated heterocycles. The Labute approximate surface area is 445 Å². The van der Waals surface area contributed by atoms with Crippen molar-refractivity contribution in [2.45, 2.75) is 358 Å². The minimum absolute atomic E-state index is 0.181. The minimum Gasteiger partial charge on any atom is -0.394 e. The molecule has 0 aromatic rings. The summed E-state index contributed by atoms with van der Waals surface area (Å²) in [6.45, 7) is 3.81. The molecule has 0 radical (unpaired) electrons. The highest BCUT2D eigenvalue weighted by molar-refractivity contribution is 5.76. The van der Waals surface area contributed by atoms with Gasteiger partial charge < -0.3 is 40.3 Å². The van der Waals surface area contributed by atoms with Crippen LogP contribution in [0.15, 0.2) is 24.3 Å². The Balaban J connectivity index is 2.13. The van der Waals surface area contributed by atoms with Crippen LogP contribution in [0.2, 0.25) is 0 Å². The zero-order valence-corrected chi connectivity index (χ0v) is 47.5. The number of allylic oxidation sites excluding steroid dienone is 3. The molecule has 7 unspecified atom stereocenters. The molecule has 426 valence electrons. The maximum Gasteiger partial charge on any atom is 0.220 e. The first-order valence-corrected chi connectivity index (χ1v) is 31.6. The van der Waals surface area contributed by atoms with Crippen molar-refractivity contribution in [3.8, 4) is 0 Å². The van der Waals surface area contributed by atoms with Crippen molar-refractivity contribution in [2.75, 3.05) is 13.2 Å². The molecule has 0 aliphatic carbocycles. The quantitative estimate of drug-likeness (QED) is 0.0261. The molecule has 1 heterocycles. The van der Waals surface area contributed by atoms with Gasteiger partial charge in [-0.25, -0.2) is 0 Å². The van der Waals surface area contributed by atoms with Gasteiger partial charge in [0.15, 0.2) is 6.29 Å². The fraction of sp³-hybridized carbons (Fsp3) is 0.921. The molecule has 1 amide bonds. The summed E-state index contributed by atoms with van der Waals surface area (Å²) in [5.41, 5.74) is 0.